The molecule has 3 rings (SSSR count). The molecule has 6 heteroatoms. The average molecular weight is 390 g/mol. The van der Waals surface area contributed by atoms with Crippen molar-refractivity contribution >= 4 is 5.96 Å². The number of guanidine groups is 1. The van der Waals surface area contributed by atoms with E-state index in [0.29, 0.717) is 13.0 Å². The standard InChI is InChI=1S/C22H36FN5/c1-24-21(25-13-10-19-8-4-5-9-20(19)23)26-18-22(11-16-27(2)17-12-22)28-14-6-3-7-15-28/h4-5,8-9H,3,6-7,10-18H2,1-2H3,(H2,24,25,26). The molecule has 2 fully saturated rings. The zero-order valence-electron chi connectivity index (χ0n) is 17.5. The van der Waals surface area contributed by atoms with Gasteiger partial charge in [-0.25, -0.2) is 4.39 Å². The molecule has 28 heavy (non-hydrogen) atoms. The highest BCUT2D eigenvalue weighted by Crippen LogP contribution is 2.30. The fraction of sp³-hybridized carbons (Fsp3) is 0.682. The Morgan fingerprint density at radius 1 is 1.07 bits per heavy atom. The number of benzene rings is 1. The van der Waals surface area contributed by atoms with Gasteiger partial charge < -0.3 is 15.5 Å². The Morgan fingerprint density at radius 3 is 2.46 bits per heavy atom. The van der Waals surface area contributed by atoms with Crippen LogP contribution in [0.5, 0.6) is 0 Å². The molecule has 0 aromatic heterocycles. The molecule has 156 valence electrons. The number of aliphatic imine (C=N–C) groups is 1. The average Bonchev–Trinajstić information content (AvgIpc) is 2.74. The molecular formula is C22H36FN5. The summed E-state index contributed by atoms with van der Waals surface area (Å²) in [6.07, 6.45) is 7.03. The number of rotatable bonds is 6. The first-order valence-electron chi connectivity index (χ1n) is 10.7. The Labute approximate surface area is 169 Å². The first kappa shape index (κ1) is 21.1. The molecule has 5 nitrogen and oxygen atoms in total. The van der Waals surface area contributed by atoms with Crippen molar-refractivity contribution < 1.29 is 4.39 Å². The highest BCUT2D eigenvalue weighted by Gasteiger charge is 2.39. The molecular weight excluding hydrogens is 353 g/mol. The maximum absolute atomic E-state index is 13.8. The van der Waals surface area contributed by atoms with E-state index in [9.17, 15) is 4.39 Å². The fourth-order valence-electron chi connectivity index (χ4n) is 4.49. The largest absolute Gasteiger partial charge is 0.356 e. The van der Waals surface area contributed by atoms with Crippen molar-refractivity contribution in [1.29, 1.82) is 0 Å². The minimum absolute atomic E-state index is 0.136. The summed E-state index contributed by atoms with van der Waals surface area (Å²) in [5.74, 6) is 0.675. The molecule has 0 amide bonds. The Bertz CT molecular complexity index is 634. The van der Waals surface area contributed by atoms with Crippen LogP contribution in [0, 0.1) is 5.82 Å². The summed E-state index contributed by atoms with van der Waals surface area (Å²) in [5.41, 5.74) is 0.960. The van der Waals surface area contributed by atoms with Gasteiger partial charge in [-0.05, 0) is 77.0 Å². The Balaban J connectivity index is 1.54. The van der Waals surface area contributed by atoms with Gasteiger partial charge in [0, 0.05) is 25.7 Å². The van der Waals surface area contributed by atoms with Crippen LogP contribution in [0.3, 0.4) is 0 Å². The number of nitrogens with zero attached hydrogens (tertiary/aromatic N) is 3. The maximum Gasteiger partial charge on any atom is 0.191 e. The summed E-state index contributed by atoms with van der Waals surface area (Å²) in [6.45, 7) is 6.31. The normalized spacial score (nSPS) is 21.5. The van der Waals surface area contributed by atoms with Crippen molar-refractivity contribution in [1.82, 2.24) is 20.4 Å². The molecule has 0 radical (unpaired) electrons. The first-order valence-corrected chi connectivity index (χ1v) is 10.7. The second-order valence-corrected chi connectivity index (χ2v) is 8.27. The monoisotopic (exact) mass is 389 g/mol. The predicted molar refractivity (Wildman–Crippen MR) is 114 cm³/mol. The summed E-state index contributed by atoms with van der Waals surface area (Å²) in [6, 6.07) is 6.98. The van der Waals surface area contributed by atoms with E-state index in [4.69, 9.17) is 0 Å². The van der Waals surface area contributed by atoms with Gasteiger partial charge in [-0.2, -0.15) is 0 Å². The van der Waals surface area contributed by atoms with Gasteiger partial charge in [0.2, 0.25) is 0 Å². The van der Waals surface area contributed by atoms with Crippen molar-refractivity contribution in [3.8, 4) is 0 Å². The van der Waals surface area contributed by atoms with Gasteiger partial charge in [0.15, 0.2) is 5.96 Å². The third-order valence-electron chi connectivity index (χ3n) is 6.40. The van der Waals surface area contributed by atoms with Crippen molar-refractivity contribution in [3.05, 3.63) is 35.6 Å². The van der Waals surface area contributed by atoms with Gasteiger partial charge in [0.1, 0.15) is 5.82 Å². The molecule has 0 spiro atoms. The van der Waals surface area contributed by atoms with Crippen LogP contribution in [-0.4, -0.2) is 74.7 Å². The highest BCUT2D eigenvalue weighted by molar-refractivity contribution is 5.79. The predicted octanol–water partition coefficient (Wildman–Crippen LogP) is 2.48. The summed E-state index contributed by atoms with van der Waals surface area (Å²) in [4.78, 5) is 9.55. The minimum atomic E-state index is -0.136. The molecule has 1 aromatic rings. The summed E-state index contributed by atoms with van der Waals surface area (Å²) in [7, 11) is 4.03. The highest BCUT2D eigenvalue weighted by atomic mass is 19.1. The number of piperidine rings is 2. The zero-order valence-corrected chi connectivity index (χ0v) is 17.5. The maximum atomic E-state index is 13.8. The third kappa shape index (κ3) is 5.45. The first-order chi connectivity index (χ1) is 13.6. The molecule has 2 aliphatic heterocycles. The van der Waals surface area contributed by atoms with Crippen LogP contribution in [-0.2, 0) is 6.42 Å². The second kappa shape index (κ2) is 10.2. The molecule has 1 aromatic carbocycles. The lowest BCUT2D eigenvalue weighted by Crippen LogP contribution is -2.62. The smallest absolute Gasteiger partial charge is 0.191 e. The van der Waals surface area contributed by atoms with E-state index in [-0.39, 0.29) is 11.4 Å². The zero-order chi connectivity index (χ0) is 19.8. The number of halogens is 1. The number of nitrogens with one attached hydrogen (secondary N) is 2. The SMILES string of the molecule is CN=C(NCCc1ccccc1F)NCC1(N2CCCCC2)CCN(C)CC1. The van der Waals surface area contributed by atoms with Gasteiger partial charge in [-0.15, -0.1) is 0 Å². The third-order valence-corrected chi connectivity index (χ3v) is 6.40. The van der Waals surface area contributed by atoms with Crippen molar-refractivity contribution in [2.45, 2.75) is 44.1 Å². The van der Waals surface area contributed by atoms with E-state index in [0.717, 1.165) is 31.2 Å². The lowest BCUT2D eigenvalue weighted by molar-refractivity contribution is 0.0173. The van der Waals surface area contributed by atoms with E-state index in [2.05, 4.69) is 32.5 Å². The summed E-state index contributed by atoms with van der Waals surface area (Å²) < 4.78 is 13.8. The van der Waals surface area contributed by atoms with Gasteiger partial charge >= 0.3 is 0 Å². The van der Waals surface area contributed by atoms with Crippen LogP contribution in [0.25, 0.3) is 0 Å². The quantitative estimate of drug-likeness (QED) is 0.580. The van der Waals surface area contributed by atoms with Gasteiger partial charge in [0.25, 0.3) is 0 Å². The van der Waals surface area contributed by atoms with E-state index in [1.165, 1.54) is 51.3 Å². The van der Waals surface area contributed by atoms with Crippen LogP contribution < -0.4 is 10.6 Å². The number of likely N-dealkylation sites (tertiary alicyclic amines) is 2. The Morgan fingerprint density at radius 2 is 1.79 bits per heavy atom. The van der Waals surface area contributed by atoms with Crippen LogP contribution in [0.4, 0.5) is 4.39 Å². The molecule has 0 bridgehead atoms. The molecule has 2 heterocycles. The lowest BCUT2D eigenvalue weighted by atomic mass is 9.84. The van der Waals surface area contributed by atoms with Crippen molar-refractivity contribution in [2.24, 2.45) is 4.99 Å². The van der Waals surface area contributed by atoms with Gasteiger partial charge in [0.05, 0.1) is 0 Å². The van der Waals surface area contributed by atoms with Crippen LogP contribution in [0.2, 0.25) is 0 Å². The Kier molecular flexibility index (Phi) is 7.68. The molecule has 0 aliphatic carbocycles. The topological polar surface area (TPSA) is 42.9 Å². The lowest BCUT2D eigenvalue weighted by Gasteiger charge is -2.50. The molecule has 2 saturated heterocycles. The van der Waals surface area contributed by atoms with E-state index in [1.54, 1.807) is 13.1 Å². The van der Waals surface area contributed by atoms with Gasteiger partial charge in [-0.3, -0.25) is 9.89 Å². The summed E-state index contributed by atoms with van der Waals surface area (Å²) in [5, 5.41) is 6.93. The Hall–Kier alpha value is -1.66. The molecule has 0 atom stereocenters. The minimum Gasteiger partial charge on any atom is -0.356 e. The fourth-order valence-corrected chi connectivity index (χ4v) is 4.49. The second-order valence-electron chi connectivity index (χ2n) is 8.27. The molecule has 2 aliphatic rings. The van der Waals surface area contributed by atoms with E-state index in [1.807, 2.05) is 12.1 Å². The van der Waals surface area contributed by atoms with Gasteiger partial charge in [-0.1, -0.05) is 24.6 Å². The van der Waals surface area contributed by atoms with Crippen LogP contribution >= 0.6 is 0 Å². The van der Waals surface area contributed by atoms with Crippen LogP contribution in [0.15, 0.2) is 29.3 Å². The molecule has 0 saturated carbocycles. The van der Waals surface area contributed by atoms with Crippen LogP contribution in [0.1, 0.15) is 37.7 Å². The van der Waals surface area contributed by atoms with Crippen molar-refractivity contribution in [3.63, 3.8) is 0 Å². The van der Waals surface area contributed by atoms with E-state index >= 15 is 0 Å². The molecule has 0 unspecified atom stereocenters. The number of hydrogen-bond acceptors (Lipinski definition) is 3. The van der Waals surface area contributed by atoms with E-state index < -0.39 is 0 Å². The number of hydrogen-bond donors (Lipinski definition) is 2. The summed E-state index contributed by atoms with van der Waals surface area (Å²) >= 11 is 0. The van der Waals surface area contributed by atoms with Crippen molar-refractivity contribution in [2.75, 3.05) is 53.4 Å². The molecule has 2 N–H and O–H groups in total.